The van der Waals surface area contributed by atoms with E-state index in [1.807, 2.05) is 12.1 Å². The zero-order valence-corrected chi connectivity index (χ0v) is 9.06. The molecule has 88 valence electrons. The Morgan fingerprint density at radius 2 is 2.00 bits per heavy atom. The molecule has 0 bridgehead atoms. The summed E-state index contributed by atoms with van der Waals surface area (Å²) < 4.78 is 5.46. The molecule has 0 saturated carbocycles. The van der Waals surface area contributed by atoms with Gasteiger partial charge in [-0.05, 0) is 18.9 Å². The van der Waals surface area contributed by atoms with Crippen LogP contribution in [0.2, 0.25) is 0 Å². The molecule has 0 aliphatic rings. The molecule has 0 amide bonds. The highest BCUT2D eigenvalue weighted by Crippen LogP contribution is 2.17. The molecule has 4 nitrogen and oxygen atoms in total. The van der Waals surface area contributed by atoms with Crippen molar-refractivity contribution in [1.29, 1.82) is 0 Å². The van der Waals surface area contributed by atoms with Crippen molar-refractivity contribution in [3.05, 3.63) is 29.8 Å². The van der Waals surface area contributed by atoms with Crippen LogP contribution < -0.4 is 4.74 Å². The number of ether oxygens (including phenoxy) is 1. The minimum Gasteiger partial charge on any atom is -0.493 e. The van der Waals surface area contributed by atoms with E-state index in [9.17, 15) is 4.79 Å². The van der Waals surface area contributed by atoms with Crippen LogP contribution in [0.3, 0.4) is 0 Å². The van der Waals surface area contributed by atoms with E-state index in [-0.39, 0.29) is 13.0 Å². The second kappa shape index (κ2) is 6.85. The van der Waals surface area contributed by atoms with Crippen molar-refractivity contribution in [2.24, 2.45) is 0 Å². The number of hydrogen-bond acceptors (Lipinski definition) is 3. The van der Waals surface area contributed by atoms with E-state index < -0.39 is 5.97 Å². The molecule has 0 spiro atoms. The third kappa shape index (κ3) is 4.31. The lowest BCUT2D eigenvalue weighted by molar-refractivity contribution is -0.137. The number of carboxylic acid groups (broad SMARTS) is 1. The van der Waals surface area contributed by atoms with Crippen LogP contribution in [0.25, 0.3) is 0 Å². The number of rotatable bonds is 7. The minimum absolute atomic E-state index is 0.0503. The van der Waals surface area contributed by atoms with Crippen LogP contribution in [0.15, 0.2) is 24.3 Å². The number of aliphatic carboxylic acids is 1. The summed E-state index contributed by atoms with van der Waals surface area (Å²) in [6.45, 7) is 0.426. The molecule has 0 aliphatic heterocycles. The fourth-order valence-corrected chi connectivity index (χ4v) is 1.34. The number of unbranched alkanes of at least 4 members (excludes halogenated alkanes) is 1. The van der Waals surface area contributed by atoms with Gasteiger partial charge in [-0.25, -0.2) is 0 Å². The van der Waals surface area contributed by atoms with Crippen LogP contribution in [0.5, 0.6) is 5.75 Å². The summed E-state index contributed by atoms with van der Waals surface area (Å²) in [5.74, 6) is -0.115. The normalized spacial score (nSPS) is 10.1. The van der Waals surface area contributed by atoms with Gasteiger partial charge in [0.2, 0.25) is 0 Å². The predicted octanol–water partition coefficient (Wildman–Crippen LogP) is 1.81. The van der Waals surface area contributed by atoms with Crippen molar-refractivity contribution < 1.29 is 19.7 Å². The number of para-hydroxylation sites is 1. The van der Waals surface area contributed by atoms with Crippen LogP contribution >= 0.6 is 0 Å². The third-order valence-corrected chi connectivity index (χ3v) is 2.19. The van der Waals surface area contributed by atoms with Crippen LogP contribution in [-0.4, -0.2) is 22.8 Å². The molecule has 1 rings (SSSR count). The van der Waals surface area contributed by atoms with Gasteiger partial charge < -0.3 is 14.9 Å². The molecule has 0 atom stereocenters. The van der Waals surface area contributed by atoms with Gasteiger partial charge in [0.25, 0.3) is 0 Å². The molecule has 4 heteroatoms. The van der Waals surface area contributed by atoms with Crippen LogP contribution in [0.1, 0.15) is 24.8 Å². The fraction of sp³-hybridized carbons (Fsp3) is 0.417. The molecule has 0 aliphatic carbocycles. The zero-order valence-electron chi connectivity index (χ0n) is 9.06. The molecule has 0 radical (unpaired) electrons. The average Bonchev–Trinajstić information content (AvgIpc) is 2.29. The van der Waals surface area contributed by atoms with E-state index in [0.29, 0.717) is 25.2 Å². The number of hydrogen-bond donors (Lipinski definition) is 2. The second-order valence-electron chi connectivity index (χ2n) is 3.47. The van der Waals surface area contributed by atoms with Crippen LogP contribution in [0, 0.1) is 0 Å². The molecule has 0 fully saturated rings. The Balaban J connectivity index is 2.28. The summed E-state index contributed by atoms with van der Waals surface area (Å²) in [6.07, 6.45) is 1.48. The van der Waals surface area contributed by atoms with Gasteiger partial charge in [0.05, 0.1) is 13.2 Å². The Morgan fingerprint density at radius 1 is 1.25 bits per heavy atom. The first kappa shape index (κ1) is 12.5. The van der Waals surface area contributed by atoms with Crippen molar-refractivity contribution in [1.82, 2.24) is 0 Å². The summed E-state index contributed by atoms with van der Waals surface area (Å²) in [4.78, 5) is 10.3. The molecular formula is C12H16O4. The lowest BCUT2D eigenvalue weighted by atomic mass is 10.2. The number of carboxylic acids is 1. The summed E-state index contributed by atoms with van der Waals surface area (Å²) >= 11 is 0. The van der Waals surface area contributed by atoms with Gasteiger partial charge in [-0.1, -0.05) is 18.2 Å². The van der Waals surface area contributed by atoms with Crippen LogP contribution in [0.4, 0.5) is 0 Å². The van der Waals surface area contributed by atoms with E-state index in [1.54, 1.807) is 12.1 Å². The molecular weight excluding hydrogens is 208 g/mol. The maximum Gasteiger partial charge on any atom is 0.303 e. The molecule has 2 N–H and O–H groups in total. The quantitative estimate of drug-likeness (QED) is 0.693. The van der Waals surface area contributed by atoms with Crippen molar-refractivity contribution >= 4 is 5.97 Å². The summed E-state index contributed by atoms with van der Waals surface area (Å²) in [5.41, 5.74) is 0.751. The Kier molecular flexibility index (Phi) is 5.36. The van der Waals surface area contributed by atoms with Gasteiger partial charge in [-0.2, -0.15) is 0 Å². The first-order chi connectivity index (χ1) is 7.74. The average molecular weight is 224 g/mol. The predicted molar refractivity (Wildman–Crippen MR) is 59.3 cm³/mol. The highest BCUT2D eigenvalue weighted by Gasteiger charge is 2.01. The summed E-state index contributed by atoms with van der Waals surface area (Å²) in [5, 5.41) is 17.5. The monoisotopic (exact) mass is 224 g/mol. The Hall–Kier alpha value is -1.55. The van der Waals surface area contributed by atoms with Crippen molar-refractivity contribution in [2.75, 3.05) is 6.61 Å². The summed E-state index contributed by atoms with van der Waals surface area (Å²) in [7, 11) is 0. The van der Waals surface area contributed by atoms with Gasteiger partial charge in [-0.3, -0.25) is 4.79 Å². The SMILES string of the molecule is O=C(O)CCCCOc1ccccc1CO. The highest BCUT2D eigenvalue weighted by atomic mass is 16.5. The first-order valence-corrected chi connectivity index (χ1v) is 5.27. The lowest BCUT2D eigenvalue weighted by Crippen LogP contribution is -2.02. The lowest BCUT2D eigenvalue weighted by Gasteiger charge is -2.09. The maximum absolute atomic E-state index is 10.3. The van der Waals surface area contributed by atoms with Crippen molar-refractivity contribution in [3.8, 4) is 5.75 Å². The number of carbonyl (C=O) groups is 1. The van der Waals surface area contributed by atoms with Gasteiger partial charge in [0.1, 0.15) is 5.75 Å². The van der Waals surface area contributed by atoms with E-state index >= 15 is 0 Å². The highest BCUT2D eigenvalue weighted by molar-refractivity contribution is 5.66. The smallest absolute Gasteiger partial charge is 0.303 e. The minimum atomic E-state index is -0.782. The van der Waals surface area contributed by atoms with E-state index in [1.165, 1.54) is 0 Å². The zero-order chi connectivity index (χ0) is 11.8. The van der Waals surface area contributed by atoms with Gasteiger partial charge >= 0.3 is 5.97 Å². The first-order valence-electron chi connectivity index (χ1n) is 5.27. The Morgan fingerprint density at radius 3 is 2.69 bits per heavy atom. The third-order valence-electron chi connectivity index (χ3n) is 2.19. The standard InChI is InChI=1S/C12H16O4/c13-9-10-5-1-2-6-11(10)16-8-4-3-7-12(14)15/h1-2,5-6,13H,3-4,7-9H2,(H,14,15). The van der Waals surface area contributed by atoms with E-state index in [4.69, 9.17) is 14.9 Å². The largest absolute Gasteiger partial charge is 0.493 e. The molecule has 0 heterocycles. The second-order valence-corrected chi connectivity index (χ2v) is 3.47. The molecule has 1 aromatic rings. The molecule has 0 saturated heterocycles. The number of benzene rings is 1. The van der Waals surface area contributed by atoms with Gasteiger partial charge in [-0.15, -0.1) is 0 Å². The summed E-state index contributed by atoms with van der Waals surface area (Å²) in [6, 6.07) is 7.27. The molecule has 0 aromatic heterocycles. The maximum atomic E-state index is 10.3. The Bertz CT molecular complexity index is 336. The van der Waals surface area contributed by atoms with E-state index in [2.05, 4.69) is 0 Å². The van der Waals surface area contributed by atoms with Crippen molar-refractivity contribution in [3.63, 3.8) is 0 Å². The van der Waals surface area contributed by atoms with Gasteiger partial charge in [0, 0.05) is 12.0 Å². The van der Waals surface area contributed by atoms with E-state index in [0.717, 1.165) is 5.56 Å². The molecule has 16 heavy (non-hydrogen) atoms. The van der Waals surface area contributed by atoms with Crippen LogP contribution in [-0.2, 0) is 11.4 Å². The van der Waals surface area contributed by atoms with Gasteiger partial charge in [0.15, 0.2) is 0 Å². The topological polar surface area (TPSA) is 66.8 Å². The number of aliphatic hydroxyl groups excluding tert-OH is 1. The molecule has 1 aromatic carbocycles. The van der Waals surface area contributed by atoms with Crippen molar-refractivity contribution in [2.45, 2.75) is 25.9 Å². The number of aliphatic hydroxyl groups is 1. The fourth-order valence-electron chi connectivity index (χ4n) is 1.34. The Labute approximate surface area is 94.5 Å². The molecule has 0 unspecified atom stereocenters.